The van der Waals surface area contributed by atoms with Gasteiger partial charge in [-0.2, -0.15) is 0 Å². The topological polar surface area (TPSA) is 38.7 Å². The van der Waals surface area contributed by atoms with E-state index in [0.29, 0.717) is 5.92 Å². The van der Waals surface area contributed by atoms with Gasteiger partial charge in [-0.15, -0.1) is 0 Å². The molecule has 0 spiro atoms. The summed E-state index contributed by atoms with van der Waals surface area (Å²) in [5.41, 5.74) is 0. The SMILES string of the molecule is COC1(OC)[C@H]2CC[C@H]1[C@@H](O)C2. The average Bonchev–Trinajstić information content (AvgIpc) is 2.56. The van der Waals surface area contributed by atoms with E-state index in [0.717, 1.165) is 19.3 Å². The fourth-order valence-electron chi connectivity index (χ4n) is 3.00. The number of rotatable bonds is 2. The maximum Gasteiger partial charge on any atom is 0.175 e. The Balaban J connectivity index is 2.26. The first-order valence-corrected chi connectivity index (χ1v) is 4.53. The van der Waals surface area contributed by atoms with Crippen LogP contribution in [-0.4, -0.2) is 31.2 Å². The molecule has 0 aromatic carbocycles. The molecule has 0 aromatic rings. The quantitative estimate of drug-likeness (QED) is 0.625. The van der Waals surface area contributed by atoms with E-state index in [9.17, 15) is 5.11 Å². The summed E-state index contributed by atoms with van der Waals surface area (Å²) in [6.45, 7) is 0. The first-order chi connectivity index (χ1) is 5.74. The molecule has 2 rings (SSSR count). The van der Waals surface area contributed by atoms with Gasteiger partial charge < -0.3 is 14.6 Å². The molecule has 0 heterocycles. The molecule has 0 amide bonds. The van der Waals surface area contributed by atoms with Gasteiger partial charge in [0, 0.05) is 26.1 Å². The van der Waals surface area contributed by atoms with Crippen LogP contribution in [0.5, 0.6) is 0 Å². The molecular formula is C9H16O3. The van der Waals surface area contributed by atoms with Gasteiger partial charge in [0.2, 0.25) is 0 Å². The summed E-state index contributed by atoms with van der Waals surface area (Å²) >= 11 is 0. The van der Waals surface area contributed by atoms with Crippen molar-refractivity contribution in [3.8, 4) is 0 Å². The van der Waals surface area contributed by atoms with Crippen LogP contribution in [0.2, 0.25) is 0 Å². The van der Waals surface area contributed by atoms with E-state index in [1.165, 1.54) is 0 Å². The third-order valence-corrected chi connectivity index (χ3v) is 3.54. The lowest BCUT2D eigenvalue weighted by Crippen LogP contribution is -2.40. The zero-order chi connectivity index (χ0) is 8.77. The Labute approximate surface area is 72.7 Å². The Morgan fingerprint density at radius 1 is 1.25 bits per heavy atom. The number of ether oxygens (including phenoxy) is 2. The van der Waals surface area contributed by atoms with Gasteiger partial charge in [0.15, 0.2) is 5.79 Å². The highest BCUT2D eigenvalue weighted by Crippen LogP contribution is 2.54. The van der Waals surface area contributed by atoms with Crippen LogP contribution in [0.25, 0.3) is 0 Å². The fraction of sp³-hybridized carbons (Fsp3) is 1.00. The van der Waals surface area contributed by atoms with Crippen LogP contribution in [0.4, 0.5) is 0 Å². The minimum absolute atomic E-state index is 0.192. The van der Waals surface area contributed by atoms with Crippen molar-refractivity contribution in [3.63, 3.8) is 0 Å². The number of aliphatic hydroxyl groups excluding tert-OH is 1. The van der Waals surface area contributed by atoms with Gasteiger partial charge in [0.25, 0.3) is 0 Å². The fourth-order valence-corrected chi connectivity index (χ4v) is 3.00. The minimum Gasteiger partial charge on any atom is -0.393 e. The van der Waals surface area contributed by atoms with E-state index < -0.39 is 5.79 Å². The average molecular weight is 172 g/mol. The van der Waals surface area contributed by atoms with Gasteiger partial charge in [-0.3, -0.25) is 0 Å². The minimum atomic E-state index is -0.473. The van der Waals surface area contributed by atoms with Crippen LogP contribution in [0, 0.1) is 11.8 Å². The highest BCUT2D eigenvalue weighted by Gasteiger charge is 2.60. The van der Waals surface area contributed by atoms with Gasteiger partial charge in [-0.1, -0.05) is 0 Å². The molecule has 2 fully saturated rings. The molecule has 1 N–H and O–H groups in total. The Morgan fingerprint density at radius 2 is 1.92 bits per heavy atom. The lowest BCUT2D eigenvalue weighted by Gasteiger charge is -2.31. The van der Waals surface area contributed by atoms with Crippen molar-refractivity contribution in [3.05, 3.63) is 0 Å². The Kier molecular flexibility index (Phi) is 1.90. The largest absolute Gasteiger partial charge is 0.393 e. The lowest BCUT2D eigenvalue weighted by atomic mass is 9.98. The van der Waals surface area contributed by atoms with Gasteiger partial charge in [-0.25, -0.2) is 0 Å². The van der Waals surface area contributed by atoms with E-state index in [1.807, 2.05) is 0 Å². The molecular weight excluding hydrogens is 156 g/mol. The summed E-state index contributed by atoms with van der Waals surface area (Å²) in [6.07, 6.45) is 2.78. The maximum atomic E-state index is 9.66. The van der Waals surface area contributed by atoms with Crippen molar-refractivity contribution < 1.29 is 14.6 Å². The van der Waals surface area contributed by atoms with Crippen LogP contribution in [-0.2, 0) is 9.47 Å². The van der Waals surface area contributed by atoms with Crippen molar-refractivity contribution in [2.75, 3.05) is 14.2 Å². The highest BCUT2D eigenvalue weighted by molar-refractivity contribution is 5.04. The number of hydrogen-bond acceptors (Lipinski definition) is 3. The van der Waals surface area contributed by atoms with Crippen LogP contribution < -0.4 is 0 Å². The van der Waals surface area contributed by atoms with Crippen molar-refractivity contribution in [1.82, 2.24) is 0 Å². The maximum absolute atomic E-state index is 9.66. The van der Waals surface area contributed by atoms with Crippen molar-refractivity contribution in [2.24, 2.45) is 11.8 Å². The van der Waals surface area contributed by atoms with E-state index in [-0.39, 0.29) is 12.0 Å². The van der Waals surface area contributed by atoms with Gasteiger partial charge in [-0.05, 0) is 19.3 Å². The van der Waals surface area contributed by atoms with Gasteiger partial charge >= 0.3 is 0 Å². The molecule has 3 heteroatoms. The molecule has 0 aliphatic heterocycles. The molecule has 12 heavy (non-hydrogen) atoms. The summed E-state index contributed by atoms with van der Waals surface area (Å²) in [5.74, 6) is 0.115. The van der Waals surface area contributed by atoms with E-state index >= 15 is 0 Å². The molecule has 0 aromatic heterocycles. The first-order valence-electron chi connectivity index (χ1n) is 4.53. The molecule has 2 aliphatic carbocycles. The molecule has 0 saturated heterocycles. The number of hydrogen-bond donors (Lipinski definition) is 1. The zero-order valence-corrected chi connectivity index (χ0v) is 7.62. The Hall–Kier alpha value is -0.120. The number of methoxy groups -OCH3 is 2. The molecule has 70 valence electrons. The Bertz CT molecular complexity index is 177. The van der Waals surface area contributed by atoms with Crippen LogP contribution in [0.1, 0.15) is 19.3 Å². The predicted molar refractivity (Wildman–Crippen MR) is 43.6 cm³/mol. The van der Waals surface area contributed by atoms with Crippen LogP contribution in [0.3, 0.4) is 0 Å². The zero-order valence-electron chi connectivity index (χ0n) is 7.62. The van der Waals surface area contributed by atoms with Crippen molar-refractivity contribution >= 4 is 0 Å². The summed E-state index contributed by atoms with van der Waals surface area (Å²) in [4.78, 5) is 0. The second-order valence-corrected chi connectivity index (χ2v) is 3.81. The molecule has 2 saturated carbocycles. The molecule has 2 aliphatic rings. The third kappa shape index (κ3) is 0.817. The first kappa shape index (κ1) is 8.48. The number of fused-ring (bicyclic) bond motifs is 2. The lowest BCUT2D eigenvalue weighted by molar-refractivity contribution is -0.239. The Morgan fingerprint density at radius 3 is 2.17 bits per heavy atom. The van der Waals surface area contributed by atoms with Crippen LogP contribution in [0.15, 0.2) is 0 Å². The third-order valence-electron chi connectivity index (χ3n) is 3.54. The summed E-state index contributed by atoms with van der Waals surface area (Å²) in [7, 11) is 3.35. The summed E-state index contributed by atoms with van der Waals surface area (Å²) < 4.78 is 10.8. The highest BCUT2D eigenvalue weighted by atomic mass is 16.7. The van der Waals surface area contributed by atoms with Gasteiger partial charge in [0.05, 0.1) is 6.10 Å². The van der Waals surface area contributed by atoms with E-state index in [1.54, 1.807) is 14.2 Å². The molecule has 3 nitrogen and oxygen atoms in total. The van der Waals surface area contributed by atoms with Crippen molar-refractivity contribution in [2.45, 2.75) is 31.2 Å². The monoisotopic (exact) mass is 172 g/mol. The second-order valence-electron chi connectivity index (χ2n) is 3.81. The molecule has 3 atom stereocenters. The van der Waals surface area contributed by atoms with E-state index in [2.05, 4.69) is 0 Å². The van der Waals surface area contributed by atoms with E-state index in [4.69, 9.17) is 9.47 Å². The molecule has 2 bridgehead atoms. The predicted octanol–water partition coefficient (Wildman–Crippen LogP) is 0.766. The van der Waals surface area contributed by atoms with Crippen molar-refractivity contribution in [1.29, 1.82) is 0 Å². The molecule has 0 unspecified atom stereocenters. The number of aliphatic hydroxyl groups is 1. The summed E-state index contributed by atoms with van der Waals surface area (Å²) in [5, 5.41) is 9.66. The molecule has 0 radical (unpaired) electrons. The van der Waals surface area contributed by atoms with Gasteiger partial charge in [0.1, 0.15) is 0 Å². The normalized spacial score (nSPS) is 43.8. The standard InChI is InChI=1S/C9H16O3/c1-11-9(12-2)6-3-4-7(9)8(10)5-6/h6-8,10H,3-5H2,1-2H3/t6-,7-,8-/m0/s1. The smallest absolute Gasteiger partial charge is 0.175 e. The van der Waals surface area contributed by atoms with Crippen LogP contribution >= 0.6 is 0 Å². The second kappa shape index (κ2) is 2.69. The summed E-state index contributed by atoms with van der Waals surface area (Å²) in [6, 6.07) is 0.